The van der Waals surface area contributed by atoms with Gasteiger partial charge in [-0.3, -0.25) is 0 Å². The Morgan fingerprint density at radius 2 is 2.33 bits per heavy atom. The summed E-state index contributed by atoms with van der Waals surface area (Å²) in [6.45, 7) is 3.74. The van der Waals surface area contributed by atoms with Gasteiger partial charge in [-0.1, -0.05) is 18.7 Å². The summed E-state index contributed by atoms with van der Waals surface area (Å²) in [6, 6.07) is 1.99. The third kappa shape index (κ3) is 2.60. The van der Waals surface area contributed by atoms with Crippen LogP contribution < -0.4 is 5.32 Å². The first-order chi connectivity index (χ1) is 7.31. The highest BCUT2D eigenvalue weighted by Crippen LogP contribution is 2.27. The highest BCUT2D eigenvalue weighted by atomic mass is 32.2. The van der Waals surface area contributed by atoms with Crippen molar-refractivity contribution in [2.24, 2.45) is 0 Å². The van der Waals surface area contributed by atoms with Crippen LogP contribution in [0.1, 0.15) is 12.7 Å². The molecule has 15 heavy (non-hydrogen) atoms. The summed E-state index contributed by atoms with van der Waals surface area (Å²) in [7, 11) is 1.88. The summed E-state index contributed by atoms with van der Waals surface area (Å²) in [5.74, 6) is 1.79. The van der Waals surface area contributed by atoms with Crippen LogP contribution in [0.25, 0.3) is 0 Å². The van der Waals surface area contributed by atoms with Gasteiger partial charge in [-0.25, -0.2) is 9.97 Å². The van der Waals surface area contributed by atoms with Gasteiger partial charge in [-0.05, 0) is 0 Å². The van der Waals surface area contributed by atoms with Crippen molar-refractivity contribution in [3.63, 3.8) is 0 Å². The van der Waals surface area contributed by atoms with E-state index < -0.39 is 0 Å². The van der Waals surface area contributed by atoms with E-state index in [2.05, 4.69) is 22.2 Å². The summed E-state index contributed by atoms with van der Waals surface area (Å²) in [5.41, 5.74) is 0. The van der Waals surface area contributed by atoms with E-state index in [1.54, 1.807) is 11.8 Å². The molecule has 0 aromatic carbocycles. The largest absolute Gasteiger partial charge is 0.379 e. The van der Waals surface area contributed by atoms with Gasteiger partial charge in [-0.15, -0.1) is 0 Å². The predicted octanol–water partition coefficient (Wildman–Crippen LogP) is 1.57. The fourth-order valence-electron chi connectivity index (χ4n) is 1.27. The molecule has 0 spiro atoms. The molecular formula is C10H15N3OS. The maximum absolute atomic E-state index is 5.14. The van der Waals surface area contributed by atoms with Crippen LogP contribution in [0.5, 0.6) is 0 Å². The molecule has 0 aliphatic carbocycles. The van der Waals surface area contributed by atoms with Crippen LogP contribution in [0.2, 0.25) is 0 Å². The highest BCUT2D eigenvalue weighted by molar-refractivity contribution is 8.00. The second-order valence-electron chi connectivity index (χ2n) is 3.39. The van der Waals surface area contributed by atoms with Crippen LogP contribution in [-0.2, 0) is 11.2 Å². The lowest BCUT2D eigenvalue weighted by atomic mass is 10.4. The van der Waals surface area contributed by atoms with E-state index >= 15 is 0 Å². The topological polar surface area (TPSA) is 47.0 Å². The number of anilines is 1. The Labute approximate surface area is 93.8 Å². The van der Waals surface area contributed by atoms with Gasteiger partial charge >= 0.3 is 0 Å². The lowest BCUT2D eigenvalue weighted by Crippen LogP contribution is -2.30. The van der Waals surface area contributed by atoms with Crippen molar-refractivity contribution >= 4 is 17.6 Å². The molecule has 0 amide bonds. The zero-order chi connectivity index (χ0) is 10.7. The molecular weight excluding hydrogens is 210 g/mol. The van der Waals surface area contributed by atoms with Crippen LogP contribution in [-0.4, -0.2) is 35.5 Å². The van der Waals surface area contributed by atoms with E-state index in [0.717, 1.165) is 36.3 Å². The second kappa shape index (κ2) is 4.81. The van der Waals surface area contributed by atoms with Gasteiger partial charge < -0.3 is 10.1 Å². The molecule has 0 saturated carbocycles. The van der Waals surface area contributed by atoms with Crippen LogP contribution in [0.15, 0.2) is 11.1 Å². The van der Waals surface area contributed by atoms with Crippen LogP contribution in [0, 0.1) is 0 Å². The van der Waals surface area contributed by atoms with Crippen LogP contribution in [0.4, 0.5) is 5.82 Å². The van der Waals surface area contributed by atoms with Gasteiger partial charge in [0.05, 0.1) is 18.5 Å². The molecule has 4 nitrogen and oxygen atoms in total. The van der Waals surface area contributed by atoms with Crippen molar-refractivity contribution in [3.05, 3.63) is 11.9 Å². The lowest BCUT2D eigenvalue weighted by Gasteiger charge is -2.24. The molecule has 1 saturated heterocycles. The summed E-state index contributed by atoms with van der Waals surface area (Å²) < 4.78 is 5.14. The molecule has 1 fully saturated rings. The number of ether oxygens (including phenoxy) is 1. The minimum atomic E-state index is 0.564. The Balaban J connectivity index is 2.13. The zero-order valence-corrected chi connectivity index (χ0v) is 9.80. The van der Waals surface area contributed by atoms with Gasteiger partial charge in [0.2, 0.25) is 0 Å². The number of nitrogens with one attached hydrogen (secondary N) is 1. The van der Waals surface area contributed by atoms with E-state index in [1.807, 2.05) is 13.1 Å². The maximum atomic E-state index is 5.14. The molecule has 1 aromatic rings. The van der Waals surface area contributed by atoms with Crippen molar-refractivity contribution in [1.82, 2.24) is 9.97 Å². The van der Waals surface area contributed by atoms with Gasteiger partial charge in [-0.2, -0.15) is 0 Å². The predicted molar refractivity (Wildman–Crippen MR) is 61.4 cm³/mol. The maximum Gasteiger partial charge on any atom is 0.131 e. The summed E-state index contributed by atoms with van der Waals surface area (Å²) in [5, 5.41) is 4.66. The van der Waals surface area contributed by atoms with E-state index in [4.69, 9.17) is 4.74 Å². The average Bonchev–Trinajstić information content (AvgIpc) is 2.23. The SMILES string of the molecule is CCc1nc(NC)cc(SC2COC2)n1. The molecule has 1 aliphatic heterocycles. The minimum Gasteiger partial charge on any atom is -0.379 e. The molecule has 1 aliphatic rings. The molecule has 5 heteroatoms. The monoisotopic (exact) mass is 225 g/mol. The summed E-state index contributed by atoms with van der Waals surface area (Å²) >= 11 is 1.77. The average molecular weight is 225 g/mol. The first-order valence-corrected chi connectivity index (χ1v) is 6.00. The van der Waals surface area contributed by atoms with E-state index in [0.29, 0.717) is 5.25 Å². The number of hydrogen-bond acceptors (Lipinski definition) is 5. The van der Waals surface area contributed by atoms with Gasteiger partial charge in [0.25, 0.3) is 0 Å². The van der Waals surface area contributed by atoms with E-state index in [9.17, 15) is 0 Å². The molecule has 0 radical (unpaired) electrons. The fraction of sp³-hybridized carbons (Fsp3) is 0.600. The summed E-state index contributed by atoms with van der Waals surface area (Å²) in [6.07, 6.45) is 0.865. The van der Waals surface area contributed by atoms with Crippen LogP contribution in [0.3, 0.4) is 0 Å². The Morgan fingerprint density at radius 1 is 1.53 bits per heavy atom. The standard InChI is InChI=1S/C10H15N3OS/c1-3-8-12-9(11-2)4-10(13-8)15-7-5-14-6-7/h4,7H,3,5-6H2,1-2H3,(H,11,12,13). The quantitative estimate of drug-likeness (QED) is 0.788. The minimum absolute atomic E-state index is 0.564. The smallest absolute Gasteiger partial charge is 0.131 e. The molecule has 0 atom stereocenters. The Bertz CT molecular complexity index is 319. The fourth-order valence-corrected chi connectivity index (χ4v) is 2.28. The van der Waals surface area contributed by atoms with E-state index in [1.165, 1.54) is 0 Å². The van der Waals surface area contributed by atoms with E-state index in [-0.39, 0.29) is 0 Å². The third-order valence-corrected chi connectivity index (χ3v) is 3.27. The normalized spacial score (nSPS) is 16.1. The number of thioether (sulfide) groups is 1. The molecule has 1 aromatic heterocycles. The number of rotatable bonds is 4. The number of nitrogens with zero attached hydrogens (tertiary/aromatic N) is 2. The lowest BCUT2D eigenvalue weighted by molar-refractivity contribution is 0.0454. The Hall–Kier alpha value is -0.810. The van der Waals surface area contributed by atoms with Gasteiger partial charge in [0.1, 0.15) is 16.7 Å². The molecule has 0 unspecified atom stereocenters. The number of hydrogen-bond donors (Lipinski definition) is 1. The number of aromatic nitrogens is 2. The van der Waals surface area contributed by atoms with Crippen molar-refractivity contribution in [2.75, 3.05) is 25.6 Å². The van der Waals surface area contributed by atoms with Gasteiger partial charge in [0.15, 0.2) is 0 Å². The second-order valence-corrected chi connectivity index (χ2v) is 4.71. The Morgan fingerprint density at radius 3 is 2.87 bits per heavy atom. The molecule has 0 bridgehead atoms. The molecule has 2 heterocycles. The highest BCUT2D eigenvalue weighted by Gasteiger charge is 2.20. The zero-order valence-electron chi connectivity index (χ0n) is 8.99. The van der Waals surface area contributed by atoms with Crippen molar-refractivity contribution in [2.45, 2.75) is 23.6 Å². The molecule has 82 valence electrons. The molecule has 1 N–H and O–H groups in total. The van der Waals surface area contributed by atoms with Gasteiger partial charge in [0, 0.05) is 19.5 Å². The van der Waals surface area contributed by atoms with Crippen molar-refractivity contribution in [3.8, 4) is 0 Å². The first-order valence-electron chi connectivity index (χ1n) is 5.12. The summed E-state index contributed by atoms with van der Waals surface area (Å²) in [4.78, 5) is 8.83. The molecule has 2 rings (SSSR count). The first kappa shape index (κ1) is 10.7. The third-order valence-electron chi connectivity index (χ3n) is 2.22. The number of aryl methyl sites for hydroxylation is 1. The van der Waals surface area contributed by atoms with Crippen molar-refractivity contribution < 1.29 is 4.74 Å². The Kier molecular flexibility index (Phi) is 3.43. The van der Waals surface area contributed by atoms with Crippen molar-refractivity contribution in [1.29, 1.82) is 0 Å². The van der Waals surface area contributed by atoms with Crippen LogP contribution >= 0.6 is 11.8 Å².